The van der Waals surface area contributed by atoms with Crippen LogP contribution in [0.2, 0.25) is 0 Å². The molecule has 1 saturated carbocycles. The molecular weight excluding hydrogens is 152 g/mol. The second kappa shape index (κ2) is 3.38. The Labute approximate surface area is 73.3 Å². The fourth-order valence-corrected chi connectivity index (χ4v) is 1.99. The van der Waals surface area contributed by atoms with Crippen molar-refractivity contribution in [1.29, 1.82) is 0 Å². The molecule has 0 radical (unpaired) electrons. The Hall–Kier alpha value is -0.660. The van der Waals surface area contributed by atoms with E-state index in [2.05, 4.69) is 13.8 Å². The minimum atomic E-state index is 0.00637. The molecule has 0 N–H and O–H groups in total. The van der Waals surface area contributed by atoms with Crippen molar-refractivity contribution in [2.75, 3.05) is 0 Å². The molecule has 0 aromatic carbocycles. The van der Waals surface area contributed by atoms with Gasteiger partial charge in [-0.15, -0.1) is 0 Å². The van der Waals surface area contributed by atoms with Gasteiger partial charge in [0.05, 0.1) is 6.42 Å². The standard InChI is InChI=1S/C10H16O2/c1-3-10(4-2)6-8(11)5-9(12)7-10/h3-7H2,1-2H3. The summed E-state index contributed by atoms with van der Waals surface area (Å²) in [5.41, 5.74) is 0.00637. The van der Waals surface area contributed by atoms with E-state index in [1.807, 2.05) is 0 Å². The first-order valence-corrected chi connectivity index (χ1v) is 4.65. The zero-order chi connectivity index (χ0) is 9.19. The molecule has 1 aliphatic carbocycles. The van der Waals surface area contributed by atoms with Crippen molar-refractivity contribution in [3.8, 4) is 0 Å². The molecule has 0 amide bonds. The van der Waals surface area contributed by atoms with E-state index in [4.69, 9.17) is 0 Å². The van der Waals surface area contributed by atoms with Crippen LogP contribution in [0.15, 0.2) is 0 Å². The first-order chi connectivity index (χ1) is 5.62. The fourth-order valence-electron chi connectivity index (χ4n) is 1.99. The average Bonchev–Trinajstić information content (AvgIpc) is 2.02. The molecule has 1 aliphatic rings. The molecular formula is C10H16O2. The van der Waals surface area contributed by atoms with Crippen LogP contribution >= 0.6 is 0 Å². The smallest absolute Gasteiger partial charge is 0.140 e. The maximum atomic E-state index is 11.2. The molecule has 0 heterocycles. The van der Waals surface area contributed by atoms with E-state index >= 15 is 0 Å². The van der Waals surface area contributed by atoms with Gasteiger partial charge >= 0.3 is 0 Å². The van der Waals surface area contributed by atoms with Gasteiger partial charge in [-0.1, -0.05) is 13.8 Å². The van der Waals surface area contributed by atoms with Crippen molar-refractivity contribution < 1.29 is 9.59 Å². The third kappa shape index (κ3) is 1.74. The molecule has 0 atom stereocenters. The van der Waals surface area contributed by atoms with Gasteiger partial charge in [0.1, 0.15) is 11.6 Å². The summed E-state index contributed by atoms with van der Waals surface area (Å²) >= 11 is 0. The highest BCUT2D eigenvalue weighted by atomic mass is 16.1. The van der Waals surface area contributed by atoms with Crippen molar-refractivity contribution >= 4 is 11.6 Å². The number of hydrogen-bond acceptors (Lipinski definition) is 2. The minimum absolute atomic E-state index is 0.00637. The molecule has 1 fully saturated rings. The summed E-state index contributed by atoms with van der Waals surface area (Å²) in [6, 6.07) is 0. The number of Topliss-reactive ketones (excluding diaryl/α,β-unsaturated/α-hetero) is 2. The Balaban J connectivity index is 2.76. The minimum Gasteiger partial charge on any atom is -0.299 e. The van der Waals surface area contributed by atoms with E-state index in [-0.39, 0.29) is 23.4 Å². The number of carbonyl (C=O) groups is 2. The van der Waals surface area contributed by atoms with Crippen molar-refractivity contribution in [2.24, 2.45) is 5.41 Å². The van der Waals surface area contributed by atoms with E-state index < -0.39 is 0 Å². The Morgan fingerprint density at radius 1 is 1.08 bits per heavy atom. The van der Waals surface area contributed by atoms with Crippen LogP contribution in [0.3, 0.4) is 0 Å². The van der Waals surface area contributed by atoms with E-state index in [0.717, 1.165) is 12.8 Å². The predicted molar refractivity (Wildman–Crippen MR) is 46.9 cm³/mol. The highest BCUT2D eigenvalue weighted by Crippen LogP contribution is 2.38. The van der Waals surface area contributed by atoms with E-state index in [9.17, 15) is 9.59 Å². The molecule has 2 heteroatoms. The fraction of sp³-hybridized carbons (Fsp3) is 0.800. The van der Waals surface area contributed by atoms with Crippen LogP contribution in [0.25, 0.3) is 0 Å². The summed E-state index contributed by atoms with van der Waals surface area (Å²) in [6.07, 6.45) is 3.31. The van der Waals surface area contributed by atoms with Gasteiger partial charge in [0, 0.05) is 12.8 Å². The van der Waals surface area contributed by atoms with Gasteiger partial charge in [-0.3, -0.25) is 9.59 Å². The maximum absolute atomic E-state index is 11.2. The molecule has 1 rings (SSSR count). The monoisotopic (exact) mass is 168 g/mol. The molecule has 68 valence electrons. The second-order valence-corrected chi connectivity index (χ2v) is 3.81. The Kier molecular flexibility index (Phi) is 2.65. The van der Waals surface area contributed by atoms with Gasteiger partial charge in [-0.25, -0.2) is 0 Å². The van der Waals surface area contributed by atoms with Crippen LogP contribution in [0.5, 0.6) is 0 Å². The maximum Gasteiger partial charge on any atom is 0.140 e. The largest absolute Gasteiger partial charge is 0.299 e. The normalized spacial score (nSPS) is 22.8. The predicted octanol–water partition coefficient (Wildman–Crippen LogP) is 2.11. The van der Waals surface area contributed by atoms with Crippen LogP contribution < -0.4 is 0 Å². The Morgan fingerprint density at radius 2 is 1.50 bits per heavy atom. The summed E-state index contributed by atoms with van der Waals surface area (Å²) in [4.78, 5) is 22.4. The van der Waals surface area contributed by atoms with Gasteiger partial charge in [-0.05, 0) is 18.3 Å². The average molecular weight is 168 g/mol. The zero-order valence-corrected chi connectivity index (χ0v) is 7.85. The molecule has 12 heavy (non-hydrogen) atoms. The third-order valence-electron chi connectivity index (χ3n) is 3.04. The van der Waals surface area contributed by atoms with Gasteiger partial charge in [0.2, 0.25) is 0 Å². The van der Waals surface area contributed by atoms with Crippen LogP contribution in [0.4, 0.5) is 0 Å². The van der Waals surface area contributed by atoms with Crippen molar-refractivity contribution in [1.82, 2.24) is 0 Å². The second-order valence-electron chi connectivity index (χ2n) is 3.81. The molecule has 0 aliphatic heterocycles. The number of rotatable bonds is 2. The molecule has 0 spiro atoms. The van der Waals surface area contributed by atoms with E-state index in [1.54, 1.807) is 0 Å². The lowest BCUT2D eigenvalue weighted by atomic mass is 9.69. The summed E-state index contributed by atoms with van der Waals surface area (Å²) in [5, 5.41) is 0. The first-order valence-electron chi connectivity index (χ1n) is 4.65. The summed E-state index contributed by atoms with van der Waals surface area (Å²) in [6.45, 7) is 4.13. The van der Waals surface area contributed by atoms with E-state index in [1.165, 1.54) is 0 Å². The summed E-state index contributed by atoms with van der Waals surface area (Å²) in [5.74, 6) is 0.268. The van der Waals surface area contributed by atoms with Crippen LogP contribution in [-0.4, -0.2) is 11.6 Å². The van der Waals surface area contributed by atoms with Crippen LogP contribution in [-0.2, 0) is 9.59 Å². The van der Waals surface area contributed by atoms with Crippen molar-refractivity contribution in [2.45, 2.75) is 46.0 Å². The van der Waals surface area contributed by atoms with E-state index in [0.29, 0.717) is 12.8 Å². The van der Waals surface area contributed by atoms with Gasteiger partial charge < -0.3 is 0 Å². The third-order valence-corrected chi connectivity index (χ3v) is 3.04. The summed E-state index contributed by atoms with van der Waals surface area (Å²) < 4.78 is 0. The number of ketones is 2. The Morgan fingerprint density at radius 3 is 1.83 bits per heavy atom. The van der Waals surface area contributed by atoms with Crippen LogP contribution in [0, 0.1) is 5.41 Å². The lowest BCUT2D eigenvalue weighted by Crippen LogP contribution is -2.32. The Bertz CT molecular complexity index is 184. The molecule has 0 aromatic heterocycles. The quantitative estimate of drug-likeness (QED) is 0.592. The molecule has 0 saturated heterocycles. The molecule has 0 bridgehead atoms. The first kappa shape index (κ1) is 9.43. The highest BCUT2D eigenvalue weighted by Gasteiger charge is 2.36. The zero-order valence-electron chi connectivity index (χ0n) is 7.85. The van der Waals surface area contributed by atoms with Crippen LogP contribution in [0.1, 0.15) is 46.0 Å². The SMILES string of the molecule is CCC1(CC)CC(=O)CC(=O)C1. The van der Waals surface area contributed by atoms with Crippen molar-refractivity contribution in [3.05, 3.63) is 0 Å². The lowest BCUT2D eigenvalue weighted by molar-refractivity contribution is -0.134. The summed E-state index contributed by atoms with van der Waals surface area (Å²) in [7, 11) is 0. The van der Waals surface area contributed by atoms with Gasteiger partial charge in [-0.2, -0.15) is 0 Å². The highest BCUT2D eigenvalue weighted by molar-refractivity contribution is 6.02. The topological polar surface area (TPSA) is 34.1 Å². The number of carbonyl (C=O) groups excluding carboxylic acids is 2. The molecule has 0 aromatic rings. The van der Waals surface area contributed by atoms with Gasteiger partial charge in [0.25, 0.3) is 0 Å². The lowest BCUT2D eigenvalue weighted by Gasteiger charge is -2.33. The number of hydrogen-bond donors (Lipinski definition) is 0. The molecule has 2 nitrogen and oxygen atoms in total. The molecule has 0 unspecified atom stereocenters. The van der Waals surface area contributed by atoms with Gasteiger partial charge in [0.15, 0.2) is 0 Å². The van der Waals surface area contributed by atoms with Crippen molar-refractivity contribution in [3.63, 3.8) is 0 Å².